The van der Waals surface area contributed by atoms with Crippen LogP contribution in [0.5, 0.6) is 0 Å². The first kappa shape index (κ1) is 16.1. The number of nitrogens with zero attached hydrogens (tertiary/aromatic N) is 1. The molecule has 2 nitrogen and oxygen atoms in total. The fourth-order valence-electron chi connectivity index (χ4n) is 2.05. The molecule has 2 rings (SSSR count). The van der Waals surface area contributed by atoms with Crippen molar-refractivity contribution >= 4 is 22.9 Å². The van der Waals surface area contributed by atoms with Gasteiger partial charge in [-0.15, -0.1) is 11.3 Å². The predicted octanol–water partition coefficient (Wildman–Crippen LogP) is 3.94. The van der Waals surface area contributed by atoms with Crippen LogP contribution >= 0.6 is 22.9 Å². The molecule has 1 aromatic carbocycles. The van der Waals surface area contributed by atoms with Crippen molar-refractivity contribution in [2.24, 2.45) is 0 Å². The van der Waals surface area contributed by atoms with Gasteiger partial charge in [0.15, 0.2) is 0 Å². The molecule has 0 bridgehead atoms. The normalized spacial score (nSPS) is 12.0. The Morgan fingerprint density at radius 3 is 2.71 bits per heavy atom. The summed E-state index contributed by atoms with van der Waals surface area (Å²) in [6.07, 6.45) is 0. The zero-order valence-electron chi connectivity index (χ0n) is 12.1. The van der Waals surface area contributed by atoms with Gasteiger partial charge in [0.05, 0.1) is 0 Å². The summed E-state index contributed by atoms with van der Waals surface area (Å²) in [5.74, 6) is 5.60. The van der Waals surface area contributed by atoms with Gasteiger partial charge in [0.1, 0.15) is 6.61 Å². The van der Waals surface area contributed by atoms with Crippen LogP contribution in [0.2, 0.25) is 5.02 Å². The van der Waals surface area contributed by atoms with Crippen LogP contribution in [0, 0.1) is 11.8 Å². The Morgan fingerprint density at radius 1 is 1.33 bits per heavy atom. The Bertz CT molecular complexity index is 639. The molecule has 0 fully saturated rings. The molecule has 21 heavy (non-hydrogen) atoms. The molecule has 1 aromatic heterocycles. The maximum atomic E-state index is 8.71. The van der Waals surface area contributed by atoms with Crippen molar-refractivity contribution in [3.05, 3.63) is 56.7 Å². The molecule has 1 unspecified atom stereocenters. The largest absolute Gasteiger partial charge is 0.384 e. The molecule has 0 radical (unpaired) electrons. The van der Waals surface area contributed by atoms with E-state index < -0.39 is 0 Å². The third-order valence-electron chi connectivity index (χ3n) is 3.38. The standard InChI is InChI=1S/C17H18ClNOS/c1-13(15-5-7-16(18)8-6-15)19(2)11-17-10-14(12-21-17)4-3-9-20/h5-8,10,12-13,20H,9,11H2,1-2H3. The van der Waals surface area contributed by atoms with Gasteiger partial charge in [0, 0.05) is 33.4 Å². The maximum absolute atomic E-state index is 8.71. The highest BCUT2D eigenvalue weighted by Crippen LogP contribution is 2.24. The molecule has 0 aliphatic rings. The van der Waals surface area contributed by atoms with Crippen LogP contribution in [-0.2, 0) is 6.54 Å². The van der Waals surface area contributed by atoms with Crippen LogP contribution < -0.4 is 0 Å². The predicted molar refractivity (Wildman–Crippen MR) is 89.6 cm³/mol. The van der Waals surface area contributed by atoms with Crippen LogP contribution in [0.1, 0.15) is 29.0 Å². The second-order valence-corrected chi connectivity index (χ2v) is 6.34. The Labute approximate surface area is 135 Å². The van der Waals surface area contributed by atoms with Crippen molar-refractivity contribution in [3.8, 4) is 11.8 Å². The van der Waals surface area contributed by atoms with E-state index in [0.29, 0.717) is 6.04 Å². The van der Waals surface area contributed by atoms with E-state index >= 15 is 0 Å². The second kappa shape index (κ2) is 7.63. The van der Waals surface area contributed by atoms with Gasteiger partial charge in [0.2, 0.25) is 0 Å². The summed E-state index contributed by atoms with van der Waals surface area (Å²) in [7, 11) is 2.11. The monoisotopic (exact) mass is 319 g/mol. The first-order valence-electron chi connectivity index (χ1n) is 6.73. The minimum Gasteiger partial charge on any atom is -0.384 e. The number of aliphatic hydroxyl groups is 1. The highest BCUT2D eigenvalue weighted by molar-refractivity contribution is 7.10. The number of rotatable bonds is 4. The van der Waals surface area contributed by atoms with E-state index in [9.17, 15) is 0 Å². The van der Waals surface area contributed by atoms with Crippen molar-refractivity contribution in [1.82, 2.24) is 4.90 Å². The van der Waals surface area contributed by atoms with Gasteiger partial charge in [-0.2, -0.15) is 0 Å². The van der Waals surface area contributed by atoms with E-state index in [1.807, 2.05) is 17.5 Å². The zero-order chi connectivity index (χ0) is 15.2. The molecular formula is C17H18ClNOS. The average Bonchev–Trinajstić information content (AvgIpc) is 2.92. The van der Waals surface area contributed by atoms with Gasteiger partial charge in [-0.3, -0.25) is 4.90 Å². The summed E-state index contributed by atoms with van der Waals surface area (Å²) in [4.78, 5) is 3.55. The number of halogens is 1. The molecule has 1 atom stereocenters. The third-order valence-corrected chi connectivity index (χ3v) is 4.56. The molecular weight excluding hydrogens is 302 g/mol. The lowest BCUT2D eigenvalue weighted by Gasteiger charge is -2.24. The van der Waals surface area contributed by atoms with Crippen molar-refractivity contribution in [2.45, 2.75) is 19.5 Å². The highest BCUT2D eigenvalue weighted by atomic mass is 35.5. The number of hydrogen-bond donors (Lipinski definition) is 1. The van der Waals surface area contributed by atoms with Crippen molar-refractivity contribution in [3.63, 3.8) is 0 Å². The molecule has 110 valence electrons. The van der Waals surface area contributed by atoms with Gasteiger partial charge < -0.3 is 5.11 Å². The van der Waals surface area contributed by atoms with Gasteiger partial charge in [-0.25, -0.2) is 0 Å². The molecule has 0 saturated carbocycles. The van der Waals surface area contributed by atoms with E-state index in [1.165, 1.54) is 10.4 Å². The number of thiophene rings is 1. The van der Waals surface area contributed by atoms with Gasteiger partial charge >= 0.3 is 0 Å². The SMILES string of the molecule is CC(c1ccc(Cl)cc1)N(C)Cc1cc(C#CCO)cs1. The smallest absolute Gasteiger partial charge is 0.104 e. The molecule has 1 N–H and O–H groups in total. The van der Waals surface area contributed by atoms with E-state index in [1.54, 1.807) is 11.3 Å². The lowest BCUT2D eigenvalue weighted by molar-refractivity contribution is 0.255. The van der Waals surface area contributed by atoms with Crippen LogP contribution in [-0.4, -0.2) is 23.7 Å². The van der Waals surface area contributed by atoms with E-state index in [-0.39, 0.29) is 6.61 Å². The first-order valence-corrected chi connectivity index (χ1v) is 7.98. The average molecular weight is 320 g/mol. The fourth-order valence-corrected chi connectivity index (χ4v) is 3.05. The lowest BCUT2D eigenvalue weighted by atomic mass is 10.1. The number of benzene rings is 1. The molecule has 1 heterocycles. The number of hydrogen-bond acceptors (Lipinski definition) is 3. The summed E-state index contributed by atoms with van der Waals surface area (Å²) in [6, 6.07) is 10.4. The molecule has 2 aromatic rings. The second-order valence-electron chi connectivity index (χ2n) is 4.90. The quantitative estimate of drug-likeness (QED) is 0.863. The number of aliphatic hydroxyl groups excluding tert-OH is 1. The van der Waals surface area contributed by atoms with Crippen LogP contribution in [0.4, 0.5) is 0 Å². The minimum absolute atomic E-state index is 0.0985. The maximum Gasteiger partial charge on any atom is 0.104 e. The lowest BCUT2D eigenvalue weighted by Crippen LogP contribution is -2.21. The summed E-state index contributed by atoms with van der Waals surface area (Å²) < 4.78 is 0. The van der Waals surface area contributed by atoms with Crippen molar-refractivity contribution < 1.29 is 5.11 Å². The van der Waals surface area contributed by atoms with Crippen molar-refractivity contribution in [1.29, 1.82) is 0 Å². The molecule has 0 spiro atoms. The fraction of sp³-hybridized carbons (Fsp3) is 0.294. The summed E-state index contributed by atoms with van der Waals surface area (Å²) in [6.45, 7) is 2.96. The van der Waals surface area contributed by atoms with Gasteiger partial charge in [0.25, 0.3) is 0 Å². The molecule has 0 aliphatic heterocycles. The molecule has 4 heteroatoms. The van der Waals surface area contributed by atoms with Crippen LogP contribution in [0.15, 0.2) is 35.7 Å². The highest BCUT2D eigenvalue weighted by Gasteiger charge is 2.12. The molecule has 0 saturated heterocycles. The summed E-state index contributed by atoms with van der Waals surface area (Å²) in [5, 5.41) is 11.5. The Kier molecular flexibility index (Phi) is 5.84. The summed E-state index contributed by atoms with van der Waals surface area (Å²) >= 11 is 7.62. The third kappa shape index (κ3) is 4.59. The molecule has 0 aliphatic carbocycles. The van der Waals surface area contributed by atoms with E-state index in [4.69, 9.17) is 16.7 Å². The van der Waals surface area contributed by atoms with Gasteiger partial charge in [-0.05, 0) is 37.7 Å². The van der Waals surface area contributed by atoms with E-state index in [0.717, 1.165) is 17.1 Å². The van der Waals surface area contributed by atoms with Crippen LogP contribution in [0.25, 0.3) is 0 Å². The Morgan fingerprint density at radius 2 is 2.05 bits per heavy atom. The topological polar surface area (TPSA) is 23.5 Å². The first-order chi connectivity index (χ1) is 10.1. The Hall–Kier alpha value is -1.31. The zero-order valence-corrected chi connectivity index (χ0v) is 13.7. The summed E-state index contributed by atoms with van der Waals surface area (Å²) in [5.41, 5.74) is 2.22. The van der Waals surface area contributed by atoms with Crippen LogP contribution in [0.3, 0.4) is 0 Å². The molecule has 0 amide bonds. The minimum atomic E-state index is -0.0985. The Balaban J connectivity index is 2.01. The van der Waals surface area contributed by atoms with Gasteiger partial charge in [-0.1, -0.05) is 35.6 Å². The van der Waals surface area contributed by atoms with E-state index in [2.05, 4.69) is 48.9 Å². The van der Waals surface area contributed by atoms with Crippen molar-refractivity contribution in [2.75, 3.05) is 13.7 Å².